The molecule has 15 heavy (non-hydrogen) atoms. The van der Waals surface area contributed by atoms with Crippen LogP contribution in [-0.4, -0.2) is 5.91 Å². The van der Waals surface area contributed by atoms with E-state index in [2.05, 4.69) is 18.3 Å². The molecule has 0 aliphatic carbocycles. The quantitative estimate of drug-likeness (QED) is 0.735. The van der Waals surface area contributed by atoms with Crippen molar-refractivity contribution in [3.63, 3.8) is 0 Å². The van der Waals surface area contributed by atoms with Gasteiger partial charge in [0.05, 0.1) is 0 Å². The van der Waals surface area contributed by atoms with E-state index in [9.17, 15) is 4.79 Å². The SMILES string of the molecule is CCc1ccc2c(c1)C(N)CCC(=O)N2. The van der Waals surface area contributed by atoms with Gasteiger partial charge in [-0.25, -0.2) is 0 Å². The third-order valence-electron chi connectivity index (χ3n) is 2.88. The zero-order valence-corrected chi connectivity index (χ0v) is 8.92. The lowest BCUT2D eigenvalue weighted by Crippen LogP contribution is -2.09. The van der Waals surface area contributed by atoms with E-state index in [1.165, 1.54) is 5.56 Å². The predicted molar refractivity (Wildman–Crippen MR) is 60.6 cm³/mol. The van der Waals surface area contributed by atoms with Crippen molar-refractivity contribution in [2.45, 2.75) is 32.2 Å². The second-order valence-electron chi connectivity index (χ2n) is 3.97. The predicted octanol–water partition coefficient (Wildman–Crippen LogP) is 1.98. The lowest BCUT2D eigenvalue weighted by Gasteiger charge is -2.13. The van der Waals surface area contributed by atoms with Crippen LogP contribution in [0.4, 0.5) is 5.69 Å². The number of rotatable bonds is 1. The summed E-state index contributed by atoms with van der Waals surface area (Å²) in [5.74, 6) is 0.0634. The van der Waals surface area contributed by atoms with Gasteiger partial charge in [0.15, 0.2) is 0 Å². The summed E-state index contributed by atoms with van der Waals surface area (Å²) >= 11 is 0. The Morgan fingerprint density at radius 3 is 3.07 bits per heavy atom. The molecule has 1 heterocycles. The molecule has 1 aromatic rings. The van der Waals surface area contributed by atoms with Crippen molar-refractivity contribution >= 4 is 11.6 Å². The van der Waals surface area contributed by atoms with Crippen LogP contribution < -0.4 is 11.1 Å². The normalized spacial score (nSPS) is 20.4. The highest BCUT2D eigenvalue weighted by molar-refractivity contribution is 5.92. The molecule has 0 aromatic heterocycles. The third-order valence-corrected chi connectivity index (χ3v) is 2.88. The zero-order chi connectivity index (χ0) is 10.8. The monoisotopic (exact) mass is 204 g/mol. The van der Waals surface area contributed by atoms with E-state index in [-0.39, 0.29) is 11.9 Å². The highest BCUT2D eigenvalue weighted by Crippen LogP contribution is 2.29. The van der Waals surface area contributed by atoms with Crippen LogP contribution in [0, 0.1) is 0 Å². The highest BCUT2D eigenvalue weighted by Gasteiger charge is 2.18. The van der Waals surface area contributed by atoms with E-state index in [0.29, 0.717) is 6.42 Å². The molecule has 3 N–H and O–H groups in total. The van der Waals surface area contributed by atoms with E-state index in [4.69, 9.17) is 5.73 Å². The van der Waals surface area contributed by atoms with Gasteiger partial charge in [0.25, 0.3) is 0 Å². The molecule has 2 rings (SSSR count). The lowest BCUT2D eigenvalue weighted by molar-refractivity contribution is -0.116. The molecule has 3 heteroatoms. The number of hydrogen-bond acceptors (Lipinski definition) is 2. The Kier molecular flexibility index (Phi) is 2.73. The summed E-state index contributed by atoms with van der Waals surface area (Å²) in [6, 6.07) is 6.07. The number of nitrogens with two attached hydrogens (primary N) is 1. The van der Waals surface area contributed by atoms with Crippen LogP contribution in [0.15, 0.2) is 18.2 Å². The molecule has 1 amide bonds. The third kappa shape index (κ3) is 2.02. The van der Waals surface area contributed by atoms with Gasteiger partial charge in [0.2, 0.25) is 5.91 Å². The summed E-state index contributed by atoms with van der Waals surface area (Å²) in [4.78, 5) is 11.4. The molecule has 1 aromatic carbocycles. The summed E-state index contributed by atoms with van der Waals surface area (Å²) < 4.78 is 0. The number of aryl methyl sites for hydroxylation is 1. The molecule has 0 saturated heterocycles. The first-order chi connectivity index (χ1) is 7.20. The van der Waals surface area contributed by atoms with E-state index in [1.54, 1.807) is 0 Å². The summed E-state index contributed by atoms with van der Waals surface area (Å²) in [6.07, 6.45) is 2.23. The van der Waals surface area contributed by atoms with Crippen LogP contribution in [0.3, 0.4) is 0 Å². The van der Waals surface area contributed by atoms with E-state index >= 15 is 0 Å². The number of carbonyl (C=O) groups excluding carboxylic acids is 1. The largest absolute Gasteiger partial charge is 0.326 e. The minimum Gasteiger partial charge on any atom is -0.326 e. The van der Waals surface area contributed by atoms with Gasteiger partial charge in [-0.3, -0.25) is 4.79 Å². The maximum atomic E-state index is 11.4. The first kappa shape index (κ1) is 10.2. The van der Waals surface area contributed by atoms with E-state index in [0.717, 1.165) is 24.1 Å². The summed E-state index contributed by atoms with van der Waals surface area (Å²) in [5, 5.41) is 2.89. The molecule has 3 nitrogen and oxygen atoms in total. The fourth-order valence-electron chi connectivity index (χ4n) is 1.91. The standard InChI is InChI=1S/C12H16N2O/c1-2-8-3-5-11-9(7-8)10(13)4-6-12(15)14-11/h3,5,7,10H,2,4,6,13H2,1H3,(H,14,15). The van der Waals surface area contributed by atoms with Gasteiger partial charge in [-0.2, -0.15) is 0 Å². The average Bonchev–Trinajstić information content (AvgIpc) is 2.39. The Morgan fingerprint density at radius 2 is 2.33 bits per heavy atom. The molecule has 0 fully saturated rings. The van der Waals surface area contributed by atoms with Crippen LogP contribution in [0.1, 0.15) is 36.9 Å². The first-order valence-corrected chi connectivity index (χ1v) is 5.39. The number of carbonyl (C=O) groups is 1. The number of hydrogen-bond donors (Lipinski definition) is 2. The fraction of sp³-hybridized carbons (Fsp3) is 0.417. The second kappa shape index (κ2) is 4.03. The smallest absolute Gasteiger partial charge is 0.224 e. The number of nitrogens with one attached hydrogen (secondary N) is 1. The van der Waals surface area contributed by atoms with Crippen molar-refractivity contribution in [3.8, 4) is 0 Å². The zero-order valence-electron chi connectivity index (χ0n) is 8.92. The van der Waals surface area contributed by atoms with Crippen molar-refractivity contribution in [2.75, 3.05) is 5.32 Å². The molecule has 80 valence electrons. The van der Waals surface area contributed by atoms with Gasteiger partial charge < -0.3 is 11.1 Å². The molecule has 0 saturated carbocycles. The molecular weight excluding hydrogens is 188 g/mol. The van der Waals surface area contributed by atoms with Gasteiger partial charge in [0.1, 0.15) is 0 Å². The summed E-state index contributed by atoms with van der Waals surface area (Å²) in [6.45, 7) is 2.11. The summed E-state index contributed by atoms with van der Waals surface area (Å²) in [5.41, 5.74) is 9.25. The highest BCUT2D eigenvalue weighted by atomic mass is 16.1. The van der Waals surface area contributed by atoms with Gasteiger partial charge in [0, 0.05) is 18.2 Å². The molecule has 0 bridgehead atoms. The van der Waals surface area contributed by atoms with Gasteiger partial charge in [-0.05, 0) is 30.0 Å². The Hall–Kier alpha value is -1.35. The Labute approximate surface area is 89.7 Å². The molecule has 1 aliphatic rings. The molecular formula is C12H16N2O. The van der Waals surface area contributed by atoms with Crippen molar-refractivity contribution in [1.82, 2.24) is 0 Å². The average molecular weight is 204 g/mol. The van der Waals surface area contributed by atoms with Crippen LogP contribution in [0.2, 0.25) is 0 Å². The lowest BCUT2D eigenvalue weighted by atomic mass is 9.99. The Morgan fingerprint density at radius 1 is 1.53 bits per heavy atom. The topological polar surface area (TPSA) is 55.1 Å². The molecule has 1 aliphatic heterocycles. The Bertz CT molecular complexity index is 387. The van der Waals surface area contributed by atoms with Crippen molar-refractivity contribution < 1.29 is 4.79 Å². The molecule has 0 radical (unpaired) electrons. The maximum Gasteiger partial charge on any atom is 0.224 e. The Balaban J connectivity index is 2.43. The minimum atomic E-state index is -0.0227. The molecule has 0 spiro atoms. The maximum absolute atomic E-state index is 11.4. The number of benzene rings is 1. The molecule has 1 unspecified atom stereocenters. The first-order valence-electron chi connectivity index (χ1n) is 5.39. The summed E-state index contributed by atoms with van der Waals surface area (Å²) in [7, 11) is 0. The fourth-order valence-corrected chi connectivity index (χ4v) is 1.91. The number of fused-ring (bicyclic) bond motifs is 1. The minimum absolute atomic E-state index is 0.0227. The van der Waals surface area contributed by atoms with Crippen LogP contribution in [0.5, 0.6) is 0 Å². The van der Waals surface area contributed by atoms with Gasteiger partial charge in [-0.1, -0.05) is 19.1 Å². The van der Waals surface area contributed by atoms with Gasteiger partial charge in [-0.15, -0.1) is 0 Å². The van der Waals surface area contributed by atoms with Gasteiger partial charge >= 0.3 is 0 Å². The van der Waals surface area contributed by atoms with E-state index in [1.807, 2.05) is 12.1 Å². The van der Waals surface area contributed by atoms with Crippen LogP contribution in [-0.2, 0) is 11.2 Å². The van der Waals surface area contributed by atoms with Crippen molar-refractivity contribution in [1.29, 1.82) is 0 Å². The molecule has 1 atom stereocenters. The van der Waals surface area contributed by atoms with Crippen LogP contribution in [0.25, 0.3) is 0 Å². The second-order valence-corrected chi connectivity index (χ2v) is 3.97. The van der Waals surface area contributed by atoms with Crippen molar-refractivity contribution in [3.05, 3.63) is 29.3 Å². The van der Waals surface area contributed by atoms with Crippen LogP contribution >= 0.6 is 0 Å². The van der Waals surface area contributed by atoms with E-state index < -0.39 is 0 Å². The number of anilines is 1. The van der Waals surface area contributed by atoms with Crippen molar-refractivity contribution in [2.24, 2.45) is 5.73 Å². The number of amides is 1.